The van der Waals surface area contributed by atoms with Gasteiger partial charge in [-0.1, -0.05) is 19.4 Å². The second-order valence-electron chi connectivity index (χ2n) is 4.77. The van der Waals surface area contributed by atoms with Gasteiger partial charge in [0.2, 0.25) is 0 Å². The molecule has 0 fully saturated rings. The second-order valence-corrected chi connectivity index (χ2v) is 4.77. The summed E-state index contributed by atoms with van der Waals surface area (Å²) in [7, 11) is 0. The summed E-state index contributed by atoms with van der Waals surface area (Å²) in [6, 6.07) is 5.59. The van der Waals surface area contributed by atoms with Gasteiger partial charge in [-0.15, -0.1) is 0 Å². The Morgan fingerprint density at radius 2 is 2.26 bits per heavy atom. The highest BCUT2D eigenvalue weighted by atomic mass is 19.1. The fourth-order valence-electron chi connectivity index (χ4n) is 1.67. The van der Waals surface area contributed by atoms with Crippen LogP contribution >= 0.6 is 0 Å². The van der Waals surface area contributed by atoms with E-state index in [1.54, 1.807) is 13.0 Å². The van der Waals surface area contributed by atoms with Crippen LogP contribution in [0.5, 0.6) is 5.75 Å². The third-order valence-electron chi connectivity index (χ3n) is 2.62. The standard InChI is InChI=1S/C14H20FNO3/c1-3-7-14(2,18)10-16-13(17)9-19-12-6-4-5-11(15)8-12/h4-6,8,18H,3,7,9-10H2,1-2H3,(H,16,17). The average Bonchev–Trinajstić information content (AvgIpc) is 2.34. The van der Waals surface area contributed by atoms with Crippen LogP contribution in [0.15, 0.2) is 24.3 Å². The molecule has 0 aliphatic carbocycles. The molecule has 0 bridgehead atoms. The molecule has 4 nitrogen and oxygen atoms in total. The Bertz CT molecular complexity index is 421. The Hall–Kier alpha value is -1.62. The lowest BCUT2D eigenvalue weighted by Crippen LogP contribution is -2.42. The number of benzene rings is 1. The minimum atomic E-state index is -0.913. The molecule has 0 saturated heterocycles. The van der Waals surface area contributed by atoms with E-state index in [-0.39, 0.29) is 19.1 Å². The number of ether oxygens (including phenoxy) is 1. The van der Waals surface area contributed by atoms with Crippen LogP contribution in [0.4, 0.5) is 4.39 Å². The molecule has 1 atom stereocenters. The molecule has 0 spiro atoms. The number of carbonyl (C=O) groups excluding carboxylic acids is 1. The van der Waals surface area contributed by atoms with E-state index in [2.05, 4.69) is 5.32 Å². The number of nitrogens with one attached hydrogen (secondary N) is 1. The first-order valence-corrected chi connectivity index (χ1v) is 6.30. The lowest BCUT2D eigenvalue weighted by Gasteiger charge is -2.22. The van der Waals surface area contributed by atoms with Crippen molar-refractivity contribution in [2.75, 3.05) is 13.2 Å². The molecule has 5 heteroatoms. The lowest BCUT2D eigenvalue weighted by atomic mass is 10.0. The molecular weight excluding hydrogens is 249 g/mol. The fourth-order valence-corrected chi connectivity index (χ4v) is 1.67. The predicted molar refractivity (Wildman–Crippen MR) is 70.4 cm³/mol. The first-order valence-electron chi connectivity index (χ1n) is 6.30. The van der Waals surface area contributed by atoms with Crippen molar-refractivity contribution in [2.45, 2.75) is 32.3 Å². The molecule has 19 heavy (non-hydrogen) atoms. The van der Waals surface area contributed by atoms with Crippen LogP contribution in [0, 0.1) is 5.82 Å². The van der Waals surface area contributed by atoms with Crippen LogP contribution in [0.3, 0.4) is 0 Å². The van der Waals surface area contributed by atoms with Crippen molar-refractivity contribution in [3.8, 4) is 5.75 Å². The number of hydrogen-bond donors (Lipinski definition) is 2. The van der Waals surface area contributed by atoms with E-state index in [9.17, 15) is 14.3 Å². The summed E-state index contributed by atoms with van der Waals surface area (Å²) in [6.45, 7) is 3.60. The van der Waals surface area contributed by atoms with Gasteiger partial charge in [-0.25, -0.2) is 4.39 Å². The van der Waals surface area contributed by atoms with Crippen molar-refractivity contribution in [3.63, 3.8) is 0 Å². The van der Waals surface area contributed by atoms with E-state index < -0.39 is 11.4 Å². The lowest BCUT2D eigenvalue weighted by molar-refractivity contribution is -0.124. The topological polar surface area (TPSA) is 58.6 Å². The van der Waals surface area contributed by atoms with Gasteiger partial charge in [-0.05, 0) is 25.5 Å². The van der Waals surface area contributed by atoms with Gasteiger partial charge in [0.05, 0.1) is 5.60 Å². The maximum Gasteiger partial charge on any atom is 0.258 e. The highest BCUT2D eigenvalue weighted by molar-refractivity contribution is 5.77. The molecule has 1 aromatic rings. The van der Waals surface area contributed by atoms with Gasteiger partial charge in [0.1, 0.15) is 11.6 Å². The van der Waals surface area contributed by atoms with Gasteiger partial charge < -0.3 is 15.2 Å². The highest BCUT2D eigenvalue weighted by Gasteiger charge is 2.19. The van der Waals surface area contributed by atoms with Crippen molar-refractivity contribution < 1.29 is 19.0 Å². The van der Waals surface area contributed by atoms with Crippen LogP contribution in [0.25, 0.3) is 0 Å². The number of rotatable bonds is 7. The Balaban J connectivity index is 2.32. The van der Waals surface area contributed by atoms with Crippen LogP contribution in [0.2, 0.25) is 0 Å². The van der Waals surface area contributed by atoms with Gasteiger partial charge >= 0.3 is 0 Å². The number of amides is 1. The fraction of sp³-hybridized carbons (Fsp3) is 0.500. The van der Waals surface area contributed by atoms with E-state index in [0.29, 0.717) is 12.2 Å². The number of hydrogen-bond acceptors (Lipinski definition) is 3. The van der Waals surface area contributed by atoms with Crippen molar-refractivity contribution >= 4 is 5.91 Å². The third-order valence-corrected chi connectivity index (χ3v) is 2.62. The zero-order valence-corrected chi connectivity index (χ0v) is 11.3. The van der Waals surface area contributed by atoms with Crippen LogP contribution in [0.1, 0.15) is 26.7 Å². The summed E-state index contributed by atoms with van der Waals surface area (Å²) in [5, 5.41) is 12.5. The van der Waals surface area contributed by atoms with E-state index in [1.165, 1.54) is 18.2 Å². The molecule has 1 aromatic carbocycles. The molecule has 0 aliphatic heterocycles. The smallest absolute Gasteiger partial charge is 0.258 e. The quantitative estimate of drug-likeness (QED) is 0.794. The highest BCUT2D eigenvalue weighted by Crippen LogP contribution is 2.12. The monoisotopic (exact) mass is 269 g/mol. The molecule has 1 rings (SSSR count). The maximum atomic E-state index is 12.9. The summed E-state index contributed by atoms with van der Waals surface area (Å²) in [6.07, 6.45) is 1.45. The SMILES string of the molecule is CCCC(C)(O)CNC(=O)COc1cccc(F)c1. The molecule has 0 radical (unpaired) electrons. The van der Waals surface area contributed by atoms with Crippen molar-refractivity contribution in [3.05, 3.63) is 30.1 Å². The molecular formula is C14H20FNO3. The van der Waals surface area contributed by atoms with Crippen molar-refractivity contribution in [1.82, 2.24) is 5.32 Å². The summed E-state index contributed by atoms with van der Waals surface area (Å²) < 4.78 is 18.0. The Morgan fingerprint density at radius 1 is 1.53 bits per heavy atom. The molecule has 2 N–H and O–H groups in total. The van der Waals surface area contributed by atoms with Gasteiger partial charge in [0, 0.05) is 12.6 Å². The Labute approximate surface area is 112 Å². The van der Waals surface area contributed by atoms with Gasteiger partial charge in [0.25, 0.3) is 5.91 Å². The van der Waals surface area contributed by atoms with Gasteiger partial charge in [-0.2, -0.15) is 0 Å². The molecule has 1 unspecified atom stereocenters. The zero-order chi connectivity index (χ0) is 14.3. The normalized spacial score (nSPS) is 13.7. The van der Waals surface area contributed by atoms with E-state index in [1.807, 2.05) is 6.92 Å². The minimum Gasteiger partial charge on any atom is -0.484 e. The summed E-state index contributed by atoms with van der Waals surface area (Å²) in [5.41, 5.74) is -0.913. The van der Waals surface area contributed by atoms with Crippen LogP contribution < -0.4 is 10.1 Å². The Kier molecular flexibility index (Phi) is 5.76. The number of aliphatic hydroxyl groups is 1. The summed E-state index contributed by atoms with van der Waals surface area (Å²) >= 11 is 0. The third kappa shape index (κ3) is 6.20. The maximum absolute atomic E-state index is 12.9. The van der Waals surface area contributed by atoms with E-state index in [4.69, 9.17) is 4.74 Å². The first-order chi connectivity index (χ1) is 8.93. The number of carbonyl (C=O) groups is 1. The molecule has 0 aliphatic rings. The van der Waals surface area contributed by atoms with Crippen molar-refractivity contribution in [1.29, 1.82) is 0 Å². The largest absolute Gasteiger partial charge is 0.484 e. The van der Waals surface area contributed by atoms with Crippen molar-refractivity contribution in [2.24, 2.45) is 0 Å². The second kappa shape index (κ2) is 7.09. The van der Waals surface area contributed by atoms with Crippen LogP contribution in [-0.4, -0.2) is 29.8 Å². The Morgan fingerprint density at radius 3 is 2.89 bits per heavy atom. The zero-order valence-electron chi connectivity index (χ0n) is 11.3. The summed E-state index contributed by atoms with van der Waals surface area (Å²) in [5.74, 6) is -0.458. The van der Waals surface area contributed by atoms with Gasteiger partial charge in [-0.3, -0.25) is 4.79 Å². The molecule has 0 aromatic heterocycles. The predicted octanol–water partition coefficient (Wildman–Crippen LogP) is 1.87. The minimum absolute atomic E-state index is 0.173. The van der Waals surface area contributed by atoms with Gasteiger partial charge in [0.15, 0.2) is 6.61 Å². The molecule has 0 saturated carbocycles. The molecule has 1 amide bonds. The van der Waals surface area contributed by atoms with Crippen LogP contribution in [-0.2, 0) is 4.79 Å². The average molecular weight is 269 g/mol. The first kappa shape index (κ1) is 15.4. The summed E-state index contributed by atoms with van der Waals surface area (Å²) in [4.78, 5) is 11.5. The van der Waals surface area contributed by atoms with E-state index in [0.717, 1.165) is 6.42 Å². The number of halogens is 1. The van der Waals surface area contributed by atoms with E-state index >= 15 is 0 Å². The molecule has 106 valence electrons. The molecule has 0 heterocycles.